The van der Waals surface area contributed by atoms with E-state index in [2.05, 4.69) is 4.99 Å². The molecule has 0 saturated carbocycles. The molecule has 0 aromatic heterocycles. The minimum absolute atomic E-state index is 0.0481. The SMILES string of the molecule is OCCN=Cc1ccc(O)c2ccccc12. The highest BCUT2D eigenvalue weighted by Crippen LogP contribution is 2.26. The van der Waals surface area contributed by atoms with Crippen molar-refractivity contribution in [3.8, 4) is 5.75 Å². The number of benzene rings is 2. The highest BCUT2D eigenvalue weighted by atomic mass is 16.3. The number of aliphatic hydroxyl groups is 1. The van der Waals surface area contributed by atoms with Crippen LogP contribution in [0.2, 0.25) is 0 Å². The molecule has 0 aliphatic rings. The maximum absolute atomic E-state index is 9.68. The third-order valence-electron chi connectivity index (χ3n) is 2.39. The number of fused-ring (bicyclic) bond motifs is 1. The lowest BCUT2D eigenvalue weighted by Crippen LogP contribution is -1.90. The summed E-state index contributed by atoms with van der Waals surface area (Å²) >= 11 is 0. The van der Waals surface area contributed by atoms with Crippen molar-refractivity contribution in [1.29, 1.82) is 0 Å². The summed E-state index contributed by atoms with van der Waals surface area (Å²) in [5.41, 5.74) is 0.946. The van der Waals surface area contributed by atoms with Crippen LogP contribution in [0.5, 0.6) is 5.75 Å². The van der Waals surface area contributed by atoms with Gasteiger partial charge in [0, 0.05) is 17.2 Å². The Bertz CT molecular complexity index is 520. The molecule has 0 saturated heterocycles. The molecule has 2 N–H and O–H groups in total. The van der Waals surface area contributed by atoms with Gasteiger partial charge in [0.2, 0.25) is 0 Å². The smallest absolute Gasteiger partial charge is 0.123 e. The molecule has 2 aromatic rings. The second-order valence-electron chi connectivity index (χ2n) is 3.48. The Balaban J connectivity index is 2.50. The molecule has 16 heavy (non-hydrogen) atoms. The molecule has 0 spiro atoms. The number of hydrogen-bond acceptors (Lipinski definition) is 3. The number of aliphatic hydroxyl groups excluding tert-OH is 1. The molecule has 0 atom stereocenters. The zero-order chi connectivity index (χ0) is 11.4. The van der Waals surface area contributed by atoms with E-state index in [0.717, 1.165) is 16.3 Å². The summed E-state index contributed by atoms with van der Waals surface area (Å²) < 4.78 is 0. The minimum atomic E-state index is 0.0481. The summed E-state index contributed by atoms with van der Waals surface area (Å²) in [5, 5.41) is 20.1. The van der Waals surface area contributed by atoms with Gasteiger partial charge in [0.1, 0.15) is 5.75 Å². The standard InChI is InChI=1S/C13H13NO2/c15-8-7-14-9-10-5-6-13(16)12-4-2-1-3-11(10)12/h1-6,9,15-16H,7-8H2. The number of hydrogen-bond donors (Lipinski definition) is 2. The summed E-state index contributed by atoms with van der Waals surface area (Å²) in [6, 6.07) is 11.1. The molecule has 0 amide bonds. The zero-order valence-electron chi connectivity index (χ0n) is 8.80. The number of phenols is 1. The van der Waals surface area contributed by atoms with E-state index in [9.17, 15) is 5.11 Å². The van der Waals surface area contributed by atoms with Crippen molar-refractivity contribution >= 4 is 17.0 Å². The van der Waals surface area contributed by atoms with Crippen LogP contribution < -0.4 is 0 Å². The Labute approximate surface area is 93.7 Å². The molecule has 0 fully saturated rings. The van der Waals surface area contributed by atoms with Crippen LogP contribution in [0.3, 0.4) is 0 Å². The van der Waals surface area contributed by atoms with Crippen LogP contribution in [0.25, 0.3) is 10.8 Å². The Hall–Kier alpha value is -1.87. The quantitative estimate of drug-likeness (QED) is 0.769. The highest BCUT2D eigenvalue weighted by Gasteiger charge is 2.02. The van der Waals surface area contributed by atoms with E-state index in [4.69, 9.17) is 5.11 Å². The van der Waals surface area contributed by atoms with Gasteiger partial charge in [-0.05, 0) is 17.5 Å². The van der Waals surface area contributed by atoms with Crippen LogP contribution in [0.1, 0.15) is 5.56 Å². The Kier molecular flexibility index (Phi) is 3.17. The molecule has 0 radical (unpaired) electrons. The van der Waals surface area contributed by atoms with Gasteiger partial charge >= 0.3 is 0 Å². The van der Waals surface area contributed by atoms with Crippen molar-refractivity contribution < 1.29 is 10.2 Å². The molecule has 0 unspecified atom stereocenters. The number of rotatable bonds is 3. The van der Waals surface area contributed by atoms with Gasteiger partial charge in [0.15, 0.2) is 0 Å². The van der Waals surface area contributed by atoms with E-state index in [1.54, 1.807) is 12.3 Å². The van der Waals surface area contributed by atoms with Crippen LogP contribution in [0.4, 0.5) is 0 Å². The molecule has 3 heteroatoms. The van der Waals surface area contributed by atoms with Crippen LogP contribution >= 0.6 is 0 Å². The van der Waals surface area contributed by atoms with Crippen LogP contribution in [0, 0.1) is 0 Å². The molecular formula is C13H13NO2. The molecule has 0 bridgehead atoms. The first kappa shape index (κ1) is 10.6. The van der Waals surface area contributed by atoms with Crippen LogP contribution in [0.15, 0.2) is 41.4 Å². The molecule has 0 aliphatic carbocycles. The van der Waals surface area contributed by atoms with Crippen molar-refractivity contribution in [1.82, 2.24) is 0 Å². The first-order valence-electron chi connectivity index (χ1n) is 5.14. The van der Waals surface area contributed by atoms with Gasteiger partial charge in [-0.25, -0.2) is 0 Å². The lowest BCUT2D eigenvalue weighted by molar-refractivity contribution is 0.307. The Morgan fingerprint density at radius 2 is 1.81 bits per heavy atom. The fourth-order valence-electron chi connectivity index (χ4n) is 1.64. The largest absolute Gasteiger partial charge is 0.507 e. The number of aliphatic imine (C=N–C) groups is 1. The molecule has 82 valence electrons. The van der Waals surface area contributed by atoms with Gasteiger partial charge in [0.25, 0.3) is 0 Å². The van der Waals surface area contributed by atoms with E-state index >= 15 is 0 Å². The van der Waals surface area contributed by atoms with Gasteiger partial charge in [-0.3, -0.25) is 4.99 Å². The van der Waals surface area contributed by atoms with E-state index < -0.39 is 0 Å². The maximum atomic E-state index is 9.68. The van der Waals surface area contributed by atoms with Crippen molar-refractivity contribution in [2.45, 2.75) is 0 Å². The van der Waals surface area contributed by atoms with E-state index in [0.29, 0.717) is 6.54 Å². The predicted octanol–water partition coefficient (Wildman–Crippen LogP) is 1.96. The monoisotopic (exact) mass is 215 g/mol. The average molecular weight is 215 g/mol. The zero-order valence-corrected chi connectivity index (χ0v) is 8.80. The molecule has 0 heterocycles. The van der Waals surface area contributed by atoms with E-state index in [-0.39, 0.29) is 12.4 Å². The van der Waals surface area contributed by atoms with Crippen molar-refractivity contribution in [3.05, 3.63) is 42.0 Å². The molecular weight excluding hydrogens is 202 g/mol. The minimum Gasteiger partial charge on any atom is -0.507 e. The third kappa shape index (κ3) is 2.04. The summed E-state index contributed by atoms with van der Waals surface area (Å²) in [7, 11) is 0. The number of aromatic hydroxyl groups is 1. The molecule has 2 aromatic carbocycles. The normalized spacial score (nSPS) is 11.3. The predicted molar refractivity (Wildman–Crippen MR) is 65.2 cm³/mol. The van der Waals surface area contributed by atoms with Gasteiger partial charge in [-0.1, -0.05) is 24.3 Å². The van der Waals surface area contributed by atoms with Crippen molar-refractivity contribution in [3.63, 3.8) is 0 Å². The third-order valence-corrected chi connectivity index (χ3v) is 2.39. The summed E-state index contributed by atoms with van der Waals surface area (Å²) in [6.45, 7) is 0.446. The fourth-order valence-corrected chi connectivity index (χ4v) is 1.64. The van der Waals surface area contributed by atoms with E-state index in [1.807, 2.05) is 30.3 Å². The summed E-state index contributed by atoms with van der Waals surface area (Å²) in [4.78, 5) is 4.08. The van der Waals surface area contributed by atoms with Gasteiger partial charge in [0.05, 0.1) is 13.2 Å². The second kappa shape index (κ2) is 4.77. The Morgan fingerprint density at radius 1 is 1.06 bits per heavy atom. The first-order valence-corrected chi connectivity index (χ1v) is 5.14. The lowest BCUT2D eigenvalue weighted by Gasteiger charge is -2.03. The topological polar surface area (TPSA) is 52.8 Å². The first-order chi connectivity index (χ1) is 7.83. The summed E-state index contributed by atoms with van der Waals surface area (Å²) in [6.07, 6.45) is 1.72. The molecule has 3 nitrogen and oxygen atoms in total. The van der Waals surface area contributed by atoms with Gasteiger partial charge < -0.3 is 10.2 Å². The number of phenolic OH excluding ortho intramolecular Hbond substituents is 1. The average Bonchev–Trinajstić information content (AvgIpc) is 2.33. The van der Waals surface area contributed by atoms with E-state index in [1.165, 1.54) is 0 Å². The van der Waals surface area contributed by atoms with Gasteiger partial charge in [-0.2, -0.15) is 0 Å². The number of nitrogens with zero attached hydrogens (tertiary/aromatic N) is 1. The Morgan fingerprint density at radius 3 is 2.56 bits per heavy atom. The lowest BCUT2D eigenvalue weighted by atomic mass is 10.0. The van der Waals surface area contributed by atoms with Crippen molar-refractivity contribution in [2.75, 3.05) is 13.2 Å². The maximum Gasteiger partial charge on any atom is 0.123 e. The van der Waals surface area contributed by atoms with Crippen molar-refractivity contribution in [2.24, 2.45) is 4.99 Å². The summed E-state index contributed by atoms with van der Waals surface area (Å²) in [5.74, 6) is 0.273. The molecule has 2 rings (SSSR count). The van der Waals surface area contributed by atoms with Crippen LogP contribution in [-0.2, 0) is 0 Å². The van der Waals surface area contributed by atoms with Gasteiger partial charge in [-0.15, -0.1) is 0 Å². The van der Waals surface area contributed by atoms with Crippen LogP contribution in [-0.4, -0.2) is 29.6 Å². The fraction of sp³-hybridized carbons (Fsp3) is 0.154. The second-order valence-corrected chi connectivity index (χ2v) is 3.48. The highest BCUT2D eigenvalue weighted by molar-refractivity contribution is 6.02. The molecule has 0 aliphatic heterocycles.